The van der Waals surface area contributed by atoms with Crippen molar-refractivity contribution in [3.8, 4) is 0 Å². The molecule has 1 amide bonds. The van der Waals surface area contributed by atoms with Crippen LogP contribution in [0, 0.1) is 0 Å². The Balaban J connectivity index is 1.59. The van der Waals surface area contributed by atoms with Gasteiger partial charge < -0.3 is 15.0 Å². The van der Waals surface area contributed by atoms with E-state index in [1.165, 1.54) is 6.08 Å². The highest BCUT2D eigenvalue weighted by molar-refractivity contribution is 7.10. The van der Waals surface area contributed by atoms with Crippen molar-refractivity contribution in [2.24, 2.45) is 7.05 Å². The Hall–Kier alpha value is -2.37. The van der Waals surface area contributed by atoms with Crippen molar-refractivity contribution < 1.29 is 9.90 Å². The van der Waals surface area contributed by atoms with Gasteiger partial charge in [-0.2, -0.15) is 0 Å². The van der Waals surface area contributed by atoms with Gasteiger partial charge in [0.05, 0.1) is 6.10 Å². The summed E-state index contributed by atoms with van der Waals surface area (Å²) in [6.07, 6.45) is 4.51. The van der Waals surface area contributed by atoms with Crippen LogP contribution in [0.2, 0.25) is 0 Å². The van der Waals surface area contributed by atoms with Crippen molar-refractivity contribution in [3.05, 3.63) is 64.5 Å². The highest BCUT2D eigenvalue weighted by Crippen LogP contribution is 2.20. The number of fused-ring (bicyclic) bond motifs is 1. The monoisotopic (exact) mass is 326 g/mol. The molecule has 0 bridgehead atoms. The van der Waals surface area contributed by atoms with E-state index in [0.717, 1.165) is 21.3 Å². The second-order valence-corrected chi connectivity index (χ2v) is 6.33. The van der Waals surface area contributed by atoms with Crippen molar-refractivity contribution in [2.75, 3.05) is 6.54 Å². The zero-order valence-corrected chi connectivity index (χ0v) is 13.6. The first-order valence-electron chi connectivity index (χ1n) is 7.36. The minimum atomic E-state index is -0.723. The van der Waals surface area contributed by atoms with Crippen LogP contribution in [0.15, 0.2) is 54.1 Å². The molecule has 0 aliphatic rings. The molecule has 2 N–H and O–H groups in total. The third kappa shape index (κ3) is 3.70. The number of nitrogens with zero attached hydrogens (tertiary/aromatic N) is 1. The van der Waals surface area contributed by atoms with Gasteiger partial charge in [-0.3, -0.25) is 4.79 Å². The van der Waals surface area contributed by atoms with Gasteiger partial charge in [0, 0.05) is 36.3 Å². The van der Waals surface area contributed by atoms with Gasteiger partial charge in [-0.05, 0) is 46.7 Å². The highest BCUT2D eigenvalue weighted by Gasteiger charge is 2.10. The average molecular weight is 326 g/mol. The minimum absolute atomic E-state index is 0.186. The Morgan fingerprint density at radius 1 is 1.39 bits per heavy atom. The van der Waals surface area contributed by atoms with E-state index in [4.69, 9.17) is 0 Å². The lowest BCUT2D eigenvalue weighted by molar-refractivity contribution is -0.116. The van der Waals surface area contributed by atoms with Crippen molar-refractivity contribution in [1.29, 1.82) is 0 Å². The summed E-state index contributed by atoms with van der Waals surface area (Å²) >= 11 is 1.57. The smallest absolute Gasteiger partial charge is 0.244 e. The molecule has 0 radical (unpaired) electrons. The van der Waals surface area contributed by atoms with Crippen LogP contribution in [0.4, 0.5) is 0 Å². The van der Waals surface area contributed by atoms with Crippen LogP contribution in [-0.4, -0.2) is 22.1 Å². The molecule has 0 aliphatic heterocycles. The number of benzene rings is 1. The number of amides is 1. The molecule has 2 aromatic heterocycles. The maximum atomic E-state index is 11.8. The Morgan fingerprint density at radius 2 is 2.26 bits per heavy atom. The molecule has 5 heteroatoms. The fraction of sp³-hybridized carbons (Fsp3) is 0.167. The minimum Gasteiger partial charge on any atom is -0.387 e. The summed E-state index contributed by atoms with van der Waals surface area (Å²) < 4.78 is 2.03. The SMILES string of the molecule is Cn1ccc2cc(C(O)CNC(=O)/C=C/c3cccs3)ccc21. The third-order valence-corrected chi connectivity index (χ3v) is 4.54. The van der Waals surface area contributed by atoms with Crippen LogP contribution in [0.5, 0.6) is 0 Å². The number of aromatic nitrogens is 1. The zero-order valence-electron chi connectivity index (χ0n) is 12.8. The van der Waals surface area contributed by atoms with Gasteiger partial charge in [-0.1, -0.05) is 12.1 Å². The van der Waals surface area contributed by atoms with Crippen molar-refractivity contribution in [2.45, 2.75) is 6.10 Å². The molecule has 3 aromatic rings. The van der Waals surface area contributed by atoms with E-state index in [-0.39, 0.29) is 12.5 Å². The van der Waals surface area contributed by atoms with E-state index >= 15 is 0 Å². The summed E-state index contributed by atoms with van der Waals surface area (Å²) in [5, 5.41) is 16.0. The van der Waals surface area contributed by atoms with Crippen LogP contribution in [0.3, 0.4) is 0 Å². The standard InChI is InChI=1S/C18H18N2O2S/c1-20-9-8-13-11-14(4-6-16(13)20)17(21)12-19-18(22)7-5-15-3-2-10-23-15/h2-11,17,21H,12H2,1H3,(H,19,22)/b7-5+. The molecular formula is C18H18N2O2S. The molecule has 1 aromatic carbocycles. The number of nitrogens with one attached hydrogen (secondary N) is 1. The molecule has 0 saturated carbocycles. The van der Waals surface area contributed by atoms with E-state index in [1.54, 1.807) is 17.4 Å². The second kappa shape index (κ2) is 6.81. The molecule has 3 rings (SSSR count). The Morgan fingerprint density at radius 3 is 3.04 bits per heavy atom. The number of aryl methyl sites for hydroxylation is 1. The Labute approximate surface area is 138 Å². The number of carbonyl (C=O) groups excluding carboxylic acids is 1. The van der Waals surface area contributed by atoms with E-state index in [2.05, 4.69) is 5.32 Å². The summed E-state index contributed by atoms with van der Waals surface area (Å²) in [4.78, 5) is 12.8. The van der Waals surface area contributed by atoms with E-state index in [9.17, 15) is 9.90 Å². The number of rotatable bonds is 5. The van der Waals surface area contributed by atoms with Crippen molar-refractivity contribution in [1.82, 2.24) is 9.88 Å². The third-order valence-electron chi connectivity index (χ3n) is 3.71. The van der Waals surface area contributed by atoms with Gasteiger partial charge in [0.15, 0.2) is 0 Å². The summed E-state index contributed by atoms with van der Waals surface area (Å²) in [7, 11) is 1.98. The first-order chi connectivity index (χ1) is 11.1. The van der Waals surface area contributed by atoms with Crippen molar-refractivity contribution in [3.63, 3.8) is 0 Å². The number of aliphatic hydroxyl groups excluding tert-OH is 1. The number of hydrogen-bond donors (Lipinski definition) is 2. The predicted molar refractivity (Wildman–Crippen MR) is 94.2 cm³/mol. The molecule has 4 nitrogen and oxygen atoms in total. The van der Waals surface area contributed by atoms with E-state index in [1.807, 2.05) is 59.6 Å². The normalized spacial score (nSPS) is 12.8. The van der Waals surface area contributed by atoms with Crippen molar-refractivity contribution >= 4 is 34.2 Å². The first kappa shape index (κ1) is 15.5. The van der Waals surface area contributed by atoms with Gasteiger partial charge in [0.2, 0.25) is 5.91 Å². The second-order valence-electron chi connectivity index (χ2n) is 5.35. The number of carbonyl (C=O) groups is 1. The maximum absolute atomic E-state index is 11.8. The van der Waals surface area contributed by atoms with E-state index < -0.39 is 6.10 Å². The average Bonchev–Trinajstić information content (AvgIpc) is 3.20. The lowest BCUT2D eigenvalue weighted by Crippen LogP contribution is -2.26. The number of hydrogen-bond acceptors (Lipinski definition) is 3. The molecule has 1 unspecified atom stereocenters. The molecule has 0 saturated heterocycles. The van der Waals surface area contributed by atoms with E-state index in [0.29, 0.717) is 0 Å². The van der Waals surface area contributed by atoms with Crippen LogP contribution < -0.4 is 5.32 Å². The van der Waals surface area contributed by atoms with Crippen LogP contribution >= 0.6 is 11.3 Å². The molecule has 1 atom stereocenters. The lowest BCUT2D eigenvalue weighted by Gasteiger charge is -2.12. The molecule has 0 spiro atoms. The number of aliphatic hydroxyl groups is 1. The van der Waals surface area contributed by atoms with Gasteiger partial charge >= 0.3 is 0 Å². The van der Waals surface area contributed by atoms with Crippen LogP contribution in [0.1, 0.15) is 16.5 Å². The maximum Gasteiger partial charge on any atom is 0.244 e. The van der Waals surface area contributed by atoms with Gasteiger partial charge in [0.25, 0.3) is 0 Å². The Bertz CT molecular complexity index is 834. The largest absolute Gasteiger partial charge is 0.387 e. The topological polar surface area (TPSA) is 54.3 Å². The zero-order chi connectivity index (χ0) is 16.2. The molecule has 2 heterocycles. The summed E-state index contributed by atoms with van der Waals surface area (Å²) in [5.41, 5.74) is 1.91. The van der Waals surface area contributed by atoms with Crippen LogP contribution in [-0.2, 0) is 11.8 Å². The number of thiophene rings is 1. The lowest BCUT2D eigenvalue weighted by atomic mass is 10.1. The molecule has 0 aliphatic carbocycles. The van der Waals surface area contributed by atoms with Gasteiger partial charge in [-0.25, -0.2) is 0 Å². The molecule has 0 fully saturated rings. The molecule has 118 valence electrons. The summed E-state index contributed by atoms with van der Waals surface area (Å²) in [5.74, 6) is -0.210. The predicted octanol–water partition coefficient (Wildman–Crippen LogP) is 3.10. The quantitative estimate of drug-likeness (QED) is 0.708. The van der Waals surface area contributed by atoms with Gasteiger partial charge in [-0.15, -0.1) is 11.3 Å². The first-order valence-corrected chi connectivity index (χ1v) is 8.24. The Kier molecular flexibility index (Phi) is 4.60. The summed E-state index contributed by atoms with van der Waals surface area (Å²) in [6, 6.07) is 11.7. The van der Waals surface area contributed by atoms with Crippen LogP contribution in [0.25, 0.3) is 17.0 Å². The highest BCUT2D eigenvalue weighted by atomic mass is 32.1. The molecule has 23 heavy (non-hydrogen) atoms. The molecular weight excluding hydrogens is 308 g/mol. The summed E-state index contributed by atoms with van der Waals surface area (Å²) in [6.45, 7) is 0.186. The fourth-order valence-electron chi connectivity index (χ4n) is 2.43. The van der Waals surface area contributed by atoms with Gasteiger partial charge in [0.1, 0.15) is 0 Å². The fourth-order valence-corrected chi connectivity index (χ4v) is 3.04.